The Morgan fingerprint density at radius 1 is 1.17 bits per heavy atom. The lowest BCUT2D eigenvalue weighted by Gasteiger charge is -2.41. The van der Waals surface area contributed by atoms with Crippen molar-refractivity contribution < 1.29 is 9.47 Å². The topological polar surface area (TPSA) is 51.0 Å². The van der Waals surface area contributed by atoms with Crippen molar-refractivity contribution in [3.63, 3.8) is 0 Å². The zero-order chi connectivity index (χ0) is 13.3. The maximum absolute atomic E-state index is 5.82. The van der Waals surface area contributed by atoms with E-state index in [9.17, 15) is 0 Å². The lowest BCUT2D eigenvalue weighted by atomic mass is 10.1. The Labute approximate surface area is 108 Å². The fourth-order valence-electron chi connectivity index (χ4n) is 2.41. The van der Waals surface area contributed by atoms with Crippen LogP contribution in [0.5, 0.6) is 11.5 Å². The maximum Gasteiger partial charge on any atom is 0.162 e. The first-order chi connectivity index (χ1) is 8.62. The van der Waals surface area contributed by atoms with E-state index in [1.54, 1.807) is 14.2 Å². The Kier molecular flexibility index (Phi) is 3.52. The van der Waals surface area contributed by atoms with Crippen LogP contribution in [0, 0.1) is 0 Å². The smallest absolute Gasteiger partial charge is 0.162 e. The fraction of sp³-hybridized carbons (Fsp3) is 0.538. The molecule has 18 heavy (non-hydrogen) atoms. The average Bonchev–Trinajstić information content (AvgIpc) is 2.41. The SMILES string of the molecule is COc1cc2c(cc1OC)N(C)C(CN)CN2C. The zero-order valence-corrected chi connectivity index (χ0v) is 11.4. The predicted octanol–water partition coefficient (Wildman–Crippen LogP) is 0.917. The molecule has 1 atom stereocenters. The minimum Gasteiger partial charge on any atom is -0.493 e. The Balaban J connectivity index is 2.51. The van der Waals surface area contributed by atoms with Crippen LogP contribution in [0.2, 0.25) is 0 Å². The summed E-state index contributed by atoms with van der Waals surface area (Å²) in [5, 5.41) is 0. The summed E-state index contributed by atoms with van der Waals surface area (Å²) in [7, 11) is 7.44. The molecule has 0 fully saturated rings. The van der Waals surface area contributed by atoms with Crippen molar-refractivity contribution >= 4 is 11.4 Å². The summed E-state index contributed by atoms with van der Waals surface area (Å²) in [6, 6.07) is 4.34. The Morgan fingerprint density at radius 3 is 2.22 bits per heavy atom. The summed E-state index contributed by atoms with van der Waals surface area (Å²) in [4.78, 5) is 4.41. The van der Waals surface area contributed by atoms with Gasteiger partial charge in [-0.3, -0.25) is 0 Å². The van der Waals surface area contributed by atoms with Gasteiger partial charge in [0.05, 0.1) is 31.6 Å². The second-order valence-electron chi connectivity index (χ2n) is 4.58. The van der Waals surface area contributed by atoms with Crippen LogP contribution >= 0.6 is 0 Å². The first-order valence-electron chi connectivity index (χ1n) is 6.02. The third-order valence-electron chi connectivity index (χ3n) is 3.58. The van der Waals surface area contributed by atoms with Gasteiger partial charge in [-0.15, -0.1) is 0 Å². The molecular formula is C13H21N3O2. The number of benzene rings is 1. The molecule has 0 saturated heterocycles. The second kappa shape index (κ2) is 4.94. The highest BCUT2D eigenvalue weighted by atomic mass is 16.5. The number of hydrogen-bond acceptors (Lipinski definition) is 5. The van der Waals surface area contributed by atoms with Gasteiger partial charge in [0.15, 0.2) is 11.5 Å². The van der Waals surface area contributed by atoms with E-state index in [1.807, 2.05) is 12.1 Å². The van der Waals surface area contributed by atoms with E-state index in [-0.39, 0.29) is 0 Å². The summed E-state index contributed by atoms with van der Waals surface area (Å²) < 4.78 is 10.7. The highest BCUT2D eigenvalue weighted by Crippen LogP contribution is 2.42. The average molecular weight is 251 g/mol. The van der Waals surface area contributed by atoms with Crippen LogP contribution in [-0.4, -0.2) is 47.4 Å². The van der Waals surface area contributed by atoms with Crippen molar-refractivity contribution in [2.45, 2.75) is 6.04 Å². The van der Waals surface area contributed by atoms with E-state index in [0.717, 1.165) is 29.4 Å². The molecule has 2 N–H and O–H groups in total. The molecule has 5 nitrogen and oxygen atoms in total. The lowest BCUT2D eigenvalue weighted by molar-refractivity contribution is 0.354. The Bertz CT molecular complexity index is 436. The molecule has 0 spiro atoms. The molecule has 2 rings (SSSR count). The van der Waals surface area contributed by atoms with Crippen molar-refractivity contribution in [1.29, 1.82) is 0 Å². The van der Waals surface area contributed by atoms with Gasteiger partial charge >= 0.3 is 0 Å². The van der Waals surface area contributed by atoms with E-state index in [0.29, 0.717) is 12.6 Å². The number of anilines is 2. The molecule has 0 aromatic heterocycles. The quantitative estimate of drug-likeness (QED) is 0.865. The molecule has 1 aliphatic heterocycles. The van der Waals surface area contributed by atoms with Crippen molar-refractivity contribution in [3.05, 3.63) is 12.1 Å². The van der Waals surface area contributed by atoms with Gasteiger partial charge in [0.25, 0.3) is 0 Å². The Hall–Kier alpha value is -1.62. The monoisotopic (exact) mass is 251 g/mol. The number of hydrogen-bond donors (Lipinski definition) is 1. The first-order valence-corrected chi connectivity index (χ1v) is 6.02. The molecule has 0 amide bonds. The molecule has 1 aliphatic rings. The first kappa shape index (κ1) is 12.8. The number of nitrogens with two attached hydrogens (primary N) is 1. The van der Waals surface area contributed by atoms with Crippen molar-refractivity contribution in [1.82, 2.24) is 0 Å². The highest BCUT2D eigenvalue weighted by molar-refractivity contribution is 5.78. The molecule has 0 aliphatic carbocycles. The lowest BCUT2D eigenvalue weighted by Crippen LogP contribution is -2.49. The zero-order valence-electron chi connectivity index (χ0n) is 11.4. The maximum atomic E-state index is 5.82. The van der Waals surface area contributed by atoms with Crippen LogP contribution in [0.1, 0.15) is 0 Å². The van der Waals surface area contributed by atoms with E-state index >= 15 is 0 Å². The van der Waals surface area contributed by atoms with E-state index in [4.69, 9.17) is 15.2 Å². The standard InChI is InChI=1S/C13H21N3O2/c1-15-8-9(7-14)16(2)11-6-13(18-4)12(17-3)5-10(11)15/h5-6,9H,7-8,14H2,1-4H3. The van der Waals surface area contributed by atoms with Crippen molar-refractivity contribution in [2.24, 2.45) is 5.73 Å². The number of likely N-dealkylation sites (N-methyl/N-ethyl adjacent to an activating group) is 2. The van der Waals surface area contributed by atoms with Gasteiger partial charge in [-0.1, -0.05) is 0 Å². The number of rotatable bonds is 3. The van der Waals surface area contributed by atoms with Crippen LogP contribution < -0.4 is 25.0 Å². The highest BCUT2D eigenvalue weighted by Gasteiger charge is 2.27. The van der Waals surface area contributed by atoms with E-state index in [2.05, 4.69) is 23.9 Å². The van der Waals surface area contributed by atoms with Gasteiger partial charge in [0, 0.05) is 39.3 Å². The second-order valence-corrected chi connectivity index (χ2v) is 4.58. The Morgan fingerprint density at radius 2 is 1.72 bits per heavy atom. The van der Waals surface area contributed by atoms with Gasteiger partial charge in [-0.25, -0.2) is 0 Å². The minimum absolute atomic E-state index is 0.320. The molecule has 5 heteroatoms. The molecule has 1 aromatic carbocycles. The number of fused-ring (bicyclic) bond motifs is 1. The molecule has 1 heterocycles. The number of ether oxygens (including phenoxy) is 2. The van der Waals surface area contributed by atoms with Crippen LogP contribution in [-0.2, 0) is 0 Å². The predicted molar refractivity (Wildman–Crippen MR) is 74.1 cm³/mol. The van der Waals surface area contributed by atoms with Crippen LogP contribution in [0.4, 0.5) is 11.4 Å². The van der Waals surface area contributed by atoms with Gasteiger partial charge in [0.1, 0.15) is 0 Å². The van der Waals surface area contributed by atoms with Gasteiger partial charge in [-0.2, -0.15) is 0 Å². The molecule has 0 radical (unpaired) electrons. The third-order valence-corrected chi connectivity index (χ3v) is 3.58. The molecule has 0 saturated carbocycles. The molecule has 1 aromatic rings. The summed E-state index contributed by atoms with van der Waals surface area (Å²) >= 11 is 0. The summed E-state index contributed by atoms with van der Waals surface area (Å²) in [6.45, 7) is 1.55. The van der Waals surface area contributed by atoms with E-state index in [1.165, 1.54) is 0 Å². The normalized spacial score (nSPS) is 18.6. The van der Waals surface area contributed by atoms with Crippen molar-refractivity contribution in [3.8, 4) is 11.5 Å². The summed E-state index contributed by atoms with van der Waals surface area (Å²) in [5.41, 5.74) is 8.08. The number of methoxy groups -OCH3 is 2. The molecule has 0 bridgehead atoms. The van der Waals surface area contributed by atoms with Crippen LogP contribution in [0.15, 0.2) is 12.1 Å². The summed E-state index contributed by atoms with van der Waals surface area (Å²) in [5.74, 6) is 1.50. The van der Waals surface area contributed by atoms with E-state index < -0.39 is 0 Å². The fourth-order valence-corrected chi connectivity index (χ4v) is 2.41. The molecule has 100 valence electrons. The van der Waals surface area contributed by atoms with Crippen LogP contribution in [0.25, 0.3) is 0 Å². The third kappa shape index (κ3) is 1.95. The van der Waals surface area contributed by atoms with Gasteiger partial charge in [0.2, 0.25) is 0 Å². The summed E-state index contributed by atoms with van der Waals surface area (Å²) in [6.07, 6.45) is 0. The van der Waals surface area contributed by atoms with Gasteiger partial charge < -0.3 is 25.0 Å². The minimum atomic E-state index is 0.320. The largest absolute Gasteiger partial charge is 0.493 e. The van der Waals surface area contributed by atoms with Crippen molar-refractivity contribution in [2.75, 3.05) is 51.2 Å². The molecular weight excluding hydrogens is 230 g/mol. The molecule has 1 unspecified atom stereocenters. The van der Waals surface area contributed by atoms with Gasteiger partial charge in [-0.05, 0) is 0 Å². The number of nitrogens with zero attached hydrogens (tertiary/aromatic N) is 2. The van der Waals surface area contributed by atoms with Crippen LogP contribution in [0.3, 0.4) is 0 Å².